The molecule has 0 fully saturated rings. The van der Waals surface area contributed by atoms with Crippen LogP contribution in [0.3, 0.4) is 0 Å². The van der Waals surface area contributed by atoms with Crippen LogP contribution in [0.25, 0.3) is 0 Å². The fraction of sp³-hybridized carbons (Fsp3) is 0.500. The van der Waals surface area contributed by atoms with Crippen LogP contribution < -0.4 is 0 Å². The van der Waals surface area contributed by atoms with Gasteiger partial charge in [0.15, 0.2) is 9.84 Å². The summed E-state index contributed by atoms with van der Waals surface area (Å²) >= 11 is 24.4. The lowest BCUT2D eigenvalue weighted by Crippen LogP contribution is -2.51. The minimum absolute atomic E-state index is 0.113. The molecule has 0 N–H and O–H groups in total. The van der Waals surface area contributed by atoms with E-state index in [1.165, 1.54) is 0 Å². The van der Waals surface area contributed by atoms with Crippen LogP contribution in [-0.4, -0.2) is 42.4 Å². The number of sulfone groups is 1. The van der Waals surface area contributed by atoms with Gasteiger partial charge in [0.1, 0.15) is 0 Å². The van der Waals surface area contributed by atoms with Crippen molar-refractivity contribution in [1.29, 1.82) is 0 Å². The highest BCUT2D eigenvalue weighted by molar-refractivity contribution is 7.93. The Bertz CT molecular complexity index is 591. The van der Waals surface area contributed by atoms with Gasteiger partial charge in [0.05, 0.1) is 10.5 Å². The number of hydrogen-bond acceptors (Lipinski definition) is 2. The molecule has 128 valence electrons. The molecular weight excluding hydrogens is 398 g/mol. The average molecular weight is 416 g/mol. The third-order valence-electron chi connectivity index (χ3n) is 4.49. The minimum atomic E-state index is -3.66. The Balaban J connectivity index is 2.52. The van der Waals surface area contributed by atoms with Crippen LogP contribution in [0.1, 0.15) is 0 Å². The van der Waals surface area contributed by atoms with Gasteiger partial charge in [-0.3, -0.25) is 0 Å². The second kappa shape index (κ2) is 7.53. The van der Waals surface area contributed by atoms with E-state index < -0.39 is 31.2 Å². The molecule has 2 aliphatic carbocycles. The van der Waals surface area contributed by atoms with E-state index in [2.05, 4.69) is 0 Å². The largest absolute Gasteiger partial charge is 0.228 e. The van der Waals surface area contributed by atoms with Gasteiger partial charge < -0.3 is 0 Å². The van der Waals surface area contributed by atoms with Gasteiger partial charge in [0, 0.05) is 34.3 Å². The van der Waals surface area contributed by atoms with Gasteiger partial charge in [-0.15, -0.1) is 46.4 Å². The lowest BCUT2D eigenvalue weighted by molar-refractivity contribution is 0.443. The van der Waals surface area contributed by atoms with E-state index >= 15 is 0 Å². The zero-order chi connectivity index (χ0) is 17.1. The van der Waals surface area contributed by atoms with Crippen molar-refractivity contribution in [2.24, 2.45) is 10.8 Å². The van der Waals surface area contributed by atoms with Crippen LogP contribution in [0.2, 0.25) is 0 Å². The minimum Gasteiger partial charge on any atom is -0.228 e. The molecule has 0 heterocycles. The zero-order valence-corrected chi connectivity index (χ0v) is 16.2. The van der Waals surface area contributed by atoms with E-state index in [4.69, 9.17) is 46.4 Å². The van der Waals surface area contributed by atoms with Crippen LogP contribution in [-0.2, 0) is 9.84 Å². The maximum atomic E-state index is 13.4. The average Bonchev–Trinajstić information content (AvgIpc) is 2.61. The smallest absolute Gasteiger partial charge is 0.165 e. The summed E-state index contributed by atoms with van der Waals surface area (Å²) in [5, 5.41) is -1.64. The Labute approximate surface area is 157 Å². The Hall–Kier alpha value is 0.0700. The second-order valence-electron chi connectivity index (χ2n) is 5.92. The molecule has 0 saturated carbocycles. The van der Waals surface area contributed by atoms with Crippen molar-refractivity contribution in [2.45, 2.75) is 10.5 Å². The van der Waals surface area contributed by atoms with Crippen molar-refractivity contribution in [3.63, 3.8) is 0 Å². The summed E-state index contributed by atoms with van der Waals surface area (Å²) in [5.74, 6) is 0.453. The summed E-state index contributed by atoms with van der Waals surface area (Å²) in [5.41, 5.74) is -1.67. The number of alkyl halides is 4. The standard InChI is InChI=1S/C16H18Cl4O2S/c17-9-15(10-18)7-3-1-5-13(15)23(21,22)14-6-2-4-8-16(14,11-19)12-20/h1-8,13-14H,9-12H2. The fourth-order valence-electron chi connectivity index (χ4n) is 2.98. The van der Waals surface area contributed by atoms with Crippen molar-refractivity contribution in [1.82, 2.24) is 0 Å². The molecule has 0 aromatic rings. The van der Waals surface area contributed by atoms with Crippen molar-refractivity contribution in [2.75, 3.05) is 23.5 Å². The fourth-order valence-corrected chi connectivity index (χ4v) is 7.68. The first-order valence-electron chi connectivity index (χ1n) is 7.11. The first kappa shape index (κ1) is 19.4. The third-order valence-corrected chi connectivity index (χ3v) is 9.15. The van der Waals surface area contributed by atoms with E-state index in [0.29, 0.717) is 0 Å². The van der Waals surface area contributed by atoms with Gasteiger partial charge in [-0.05, 0) is 0 Å². The van der Waals surface area contributed by atoms with Gasteiger partial charge in [-0.25, -0.2) is 8.42 Å². The molecule has 0 bridgehead atoms. The zero-order valence-electron chi connectivity index (χ0n) is 12.3. The second-order valence-corrected chi connectivity index (χ2v) is 9.18. The van der Waals surface area contributed by atoms with Crippen LogP contribution in [0, 0.1) is 10.8 Å². The van der Waals surface area contributed by atoms with Crippen molar-refractivity contribution in [3.05, 3.63) is 48.6 Å². The topological polar surface area (TPSA) is 34.1 Å². The number of rotatable bonds is 6. The number of halogens is 4. The summed E-state index contributed by atoms with van der Waals surface area (Å²) in [6.07, 6.45) is 13.9. The number of allylic oxidation sites excluding steroid dienone is 6. The highest BCUT2D eigenvalue weighted by atomic mass is 35.5. The molecule has 0 radical (unpaired) electrons. The van der Waals surface area contributed by atoms with Crippen molar-refractivity contribution in [3.8, 4) is 0 Å². The Morgan fingerprint density at radius 3 is 1.35 bits per heavy atom. The Morgan fingerprint density at radius 1 is 0.696 bits per heavy atom. The molecule has 0 amide bonds. The normalized spacial score (nSPS) is 28.2. The van der Waals surface area contributed by atoms with E-state index in [1.807, 2.05) is 0 Å². The molecule has 2 aliphatic rings. The van der Waals surface area contributed by atoms with Gasteiger partial charge in [-0.2, -0.15) is 0 Å². The molecule has 0 saturated heterocycles. The first-order valence-corrected chi connectivity index (χ1v) is 10.9. The Kier molecular flexibility index (Phi) is 6.35. The van der Waals surface area contributed by atoms with Gasteiger partial charge in [0.25, 0.3) is 0 Å². The summed E-state index contributed by atoms with van der Waals surface area (Å²) < 4.78 is 26.8. The lowest BCUT2D eigenvalue weighted by Gasteiger charge is -2.41. The molecule has 2 atom stereocenters. The van der Waals surface area contributed by atoms with Gasteiger partial charge >= 0.3 is 0 Å². The molecule has 7 heteroatoms. The highest BCUT2D eigenvalue weighted by Gasteiger charge is 2.51. The van der Waals surface area contributed by atoms with Crippen molar-refractivity contribution < 1.29 is 8.42 Å². The van der Waals surface area contributed by atoms with Crippen LogP contribution in [0.15, 0.2) is 48.6 Å². The molecule has 0 aromatic carbocycles. The van der Waals surface area contributed by atoms with E-state index in [-0.39, 0.29) is 23.5 Å². The molecule has 2 nitrogen and oxygen atoms in total. The van der Waals surface area contributed by atoms with Gasteiger partial charge in [0.2, 0.25) is 0 Å². The predicted molar refractivity (Wildman–Crippen MR) is 101 cm³/mol. The van der Waals surface area contributed by atoms with Crippen molar-refractivity contribution >= 4 is 56.2 Å². The molecule has 0 aromatic heterocycles. The quantitative estimate of drug-likeness (QED) is 0.605. The number of hydrogen-bond donors (Lipinski definition) is 0. The molecule has 2 unspecified atom stereocenters. The predicted octanol–water partition coefficient (Wildman–Crippen LogP) is 4.32. The molecule has 0 aliphatic heterocycles. The van der Waals surface area contributed by atoms with Crippen LogP contribution in [0.5, 0.6) is 0 Å². The summed E-state index contributed by atoms with van der Waals surface area (Å²) in [7, 11) is -3.66. The van der Waals surface area contributed by atoms with Gasteiger partial charge in [-0.1, -0.05) is 48.6 Å². The van der Waals surface area contributed by atoms with E-state index in [1.54, 1.807) is 48.6 Å². The maximum Gasteiger partial charge on any atom is 0.165 e. The third kappa shape index (κ3) is 3.28. The summed E-state index contributed by atoms with van der Waals surface area (Å²) in [6.45, 7) is 0. The molecule has 23 heavy (non-hydrogen) atoms. The first-order chi connectivity index (χ1) is 10.9. The van der Waals surface area contributed by atoms with Crippen LogP contribution in [0.4, 0.5) is 0 Å². The maximum absolute atomic E-state index is 13.4. The highest BCUT2D eigenvalue weighted by Crippen LogP contribution is 2.43. The Morgan fingerprint density at radius 2 is 1.04 bits per heavy atom. The SMILES string of the molecule is O=S(=O)(C1C=CC=CC1(CCl)CCl)C1C=CC=CC1(CCl)CCl. The molecule has 2 rings (SSSR count). The van der Waals surface area contributed by atoms with E-state index in [9.17, 15) is 8.42 Å². The molecule has 0 spiro atoms. The summed E-state index contributed by atoms with van der Waals surface area (Å²) in [6, 6.07) is 0. The summed E-state index contributed by atoms with van der Waals surface area (Å²) in [4.78, 5) is 0. The van der Waals surface area contributed by atoms with E-state index in [0.717, 1.165) is 0 Å². The monoisotopic (exact) mass is 414 g/mol. The lowest BCUT2D eigenvalue weighted by atomic mass is 9.84. The molecular formula is C16H18Cl4O2S. The van der Waals surface area contributed by atoms with Crippen LogP contribution >= 0.6 is 46.4 Å².